The van der Waals surface area contributed by atoms with E-state index in [1.807, 2.05) is 26.8 Å². The summed E-state index contributed by atoms with van der Waals surface area (Å²) in [6, 6.07) is 6.38. The SMILES string of the molecule is CCN(Cc1ccc(F)c(C#N)c1)C(C)(C)CO. The highest BCUT2D eigenvalue weighted by Crippen LogP contribution is 2.18. The summed E-state index contributed by atoms with van der Waals surface area (Å²) in [5.74, 6) is -0.495. The monoisotopic (exact) mass is 250 g/mol. The van der Waals surface area contributed by atoms with Crippen LogP contribution in [0.2, 0.25) is 0 Å². The normalized spacial score (nSPS) is 11.6. The van der Waals surface area contributed by atoms with Gasteiger partial charge < -0.3 is 5.11 Å². The number of halogens is 1. The van der Waals surface area contributed by atoms with Crippen molar-refractivity contribution in [2.75, 3.05) is 13.2 Å². The molecule has 18 heavy (non-hydrogen) atoms. The molecule has 1 rings (SSSR count). The molecule has 0 aliphatic carbocycles. The van der Waals surface area contributed by atoms with Crippen LogP contribution in [0.15, 0.2) is 18.2 Å². The van der Waals surface area contributed by atoms with Gasteiger partial charge in [-0.15, -0.1) is 0 Å². The zero-order chi connectivity index (χ0) is 13.8. The Bertz CT molecular complexity index is 452. The van der Waals surface area contributed by atoms with Gasteiger partial charge in [0.15, 0.2) is 0 Å². The second-order valence-electron chi connectivity index (χ2n) is 4.91. The Balaban J connectivity index is 2.93. The number of nitrogens with zero attached hydrogens (tertiary/aromatic N) is 2. The van der Waals surface area contributed by atoms with Crippen molar-refractivity contribution in [3.8, 4) is 6.07 Å². The van der Waals surface area contributed by atoms with Crippen molar-refractivity contribution in [3.63, 3.8) is 0 Å². The summed E-state index contributed by atoms with van der Waals surface area (Å²) < 4.78 is 13.2. The molecule has 0 heterocycles. The molecule has 1 aromatic carbocycles. The van der Waals surface area contributed by atoms with Crippen molar-refractivity contribution in [3.05, 3.63) is 35.1 Å². The molecule has 0 saturated heterocycles. The average Bonchev–Trinajstić information content (AvgIpc) is 2.37. The van der Waals surface area contributed by atoms with Crippen molar-refractivity contribution in [1.29, 1.82) is 5.26 Å². The summed E-state index contributed by atoms with van der Waals surface area (Å²) in [5.41, 5.74) is 0.595. The van der Waals surface area contributed by atoms with E-state index >= 15 is 0 Å². The van der Waals surface area contributed by atoms with Crippen molar-refractivity contribution in [1.82, 2.24) is 4.90 Å². The summed E-state index contributed by atoms with van der Waals surface area (Å²) in [4.78, 5) is 2.08. The molecule has 0 bridgehead atoms. The lowest BCUT2D eigenvalue weighted by atomic mass is 10.0. The molecule has 0 aliphatic rings. The molecular formula is C14H19FN2O. The first kappa shape index (κ1) is 14.6. The Kier molecular flexibility index (Phi) is 4.83. The van der Waals surface area contributed by atoms with Crippen LogP contribution in [0.3, 0.4) is 0 Å². The van der Waals surface area contributed by atoms with E-state index < -0.39 is 5.82 Å². The van der Waals surface area contributed by atoms with Gasteiger partial charge in [0, 0.05) is 12.1 Å². The third-order valence-electron chi connectivity index (χ3n) is 3.15. The summed E-state index contributed by atoms with van der Waals surface area (Å²) >= 11 is 0. The van der Waals surface area contributed by atoms with Crippen LogP contribution in [0.1, 0.15) is 31.9 Å². The summed E-state index contributed by atoms with van der Waals surface area (Å²) in [6.45, 7) is 7.31. The number of likely N-dealkylation sites (N-methyl/N-ethyl adjacent to an activating group) is 1. The number of benzene rings is 1. The van der Waals surface area contributed by atoms with E-state index in [4.69, 9.17) is 5.26 Å². The second kappa shape index (κ2) is 5.94. The van der Waals surface area contributed by atoms with E-state index in [0.29, 0.717) is 6.54 Å². The molecule has 0 aromatic heterocycles. The van der Waals surface area contributed by atoms with Crippen molar-refractivity contribution in [2.24, 2.45) is 0 Å². The molecule has 0 radical (unpaired) electrons. The molecule has 0 amide bonds. The van der Waals surface area contributed by atoms with Gasteiger partial charge in [-0.2, -0.15) is 5.26 Å². The lowest BCUT2D eigenvalue weighted by Gasteiger charge is -2.36. The molecule has 0 spiro atoms. The number of aliphatic hydroxyl groups excluding tert-OH is 1. The highest BCUT2D eigenvalue weighted by molar-refractivity contribution is 5.34. The van der Waals surface area contributed by atoms with Gasteiger partial charge in [0.25, 0.3) is 0 Å². The first-order valence-electron chi connectivity index (χ1n) is 5.99. The summed E-state index contributed by atoms with van der Waals surface area (Å²) in [5, 5.41) is 18.2. The fourth-order valence-corrected chi connectivity index (χ4v) is 1.83. The van der Waals surface area contributed by atoms with Crippen LogP contribution in [0.25, 0.3) is 0 Å². The van der Waals surface area contributed by atoms with E-state index in [1.54, 1.807) is 12.1 Å². The Morgan fingerprint density at radius 2 is 2.11 bits per heavy atom. The van der Waals surface area contributed by atoms with Gasteiger partial charge in [0.2, 0.25) is 0 Å². The Hall–Kier alpha value is -1.44. The van der Waals surface area contributed by atoms with Crippen LogP contribution >= 0.6 is 0 Å². The fraction of sp³-hybridized carbons (Fsp3) is 0.500. The maximum Gasteiger partial charge on any atom is 0.140 e. The highest BCUT2D eigenvalue weighted by atomic mass is 19.1. The lowest BCUT2D eigenvalue weighted by Crippen LogP contribution is -2.46. The van der Waals surface area contributed by atoms with Crippen molar-refractivity contribution in [2.45, 2.75) is 32.9 Å². The highest BCUT2D eigenvalue weighted by Gasteiger charge is 2.24. The minimum absolute atomic E-state index is 0.0488. The number of rotatable bonds is 5. The predicted octanol–water partition coefficient (Wildman–Crippen LogP) is 2.29. The topological polar surface area (TPSA) is 47.3 Å². The molecule has 0 saturated carbocycles. The maximum absolute atomic E-state index is 13.2. The van der Waals surface area contributed by atoms with Gasteiger partial charge in [-0.3, -0.25) is 4.90 Å². The summed E-state index contributed by atoms with van der Waals surface area (Å²) in [7, 11) is 0. The van der Waals surface area contributed by atoms with E-state index in [2.05, 4.69) is 4.90 Å². The number of aliphatic hydroxyl groups is 1. The largest absolute Gasteiger partial charge is 0.394 e. The van der Waals surface area contributed by atoms with E-state index in [1.165, 1.54) is 6.07 Å². The van der Waals surface area contributed by atoms with Gasteiger partial charge >= 0.3 is 0 Å². The van der Waals surface area contributed by atoms with Gasteiger partial charge in [-0.05, 0) is 38.1 Å². The molecular weight excluding hydrogens is 231 g/mol. The minimum atomic E-state index is -0.495. The van der Waals surface area contributed by atoms with Crippen molar-refractivity contribution < 1.29 is 9.50 Å². The van der Waals surface area contributed by atoms with Crippen LogP contribution in [-0.4, -0.2) is 28.7 Å². The zero-order valence-electron chi connectivity index (χ0n) is 11.1. The molecule has 1 aromatic rings. The van der Waals surface area contributed by atoms with Crippen LogP contribution in [-0.2, 0) is 6.54 Å². The van der Waals surface area contributed by atoms with Crippen LogP contribution in [0.4, 0.5) is 4.39 Å². The first-order chi connectivity index (χ1) is 8.44. The third-order valence-corrected chi connectivity index (χ3v) is 3.15. The van der Waals surface area contributed by atoms with E-state index in [-0.39, 0.29) is 17.7 Å². The van der Waals surface area contributed by atoms with Gasteiger partial charge in [0.1, 0.15) is 11.9 Å². The average molecular weight is 250 g/mol. The fourth-order valence-electron chi connectivity index (χ4n) is 1.83. The van der Waals surface area contributed by atoms with E-state index in [0.717, 1.165) is 12.1 Å². The molecule has 1 N–H and O–H groups in total. The molecule has 0 unspecified atom stereocenters. The van der Waals surface area contributed by atoms with E-state index in [9.17, 15) is 9.50 Å². The van der Waals surface area contributed by atoms with Crippen LogP contribution in [0, 0.1) is 17.1 Å². The first-order valence-corrected chi connectivity index (χ1v) is 5.99. The lowest BCUT2D eigenvalue weighted by molar-refractivity contribution is 0.0551. The third kappa shape index (κ3) is 3.28. The Labute approximate surface area is 107 Å². The Morgan fingerprint density at radius 1 is 1.44 bits per heavy atom. The molecule has 0 fully saturated rings. The predicted molar refractivity (Wildman–Crippen MR) is 68.4 cm³/mol. The minimum Gasteiger partial charge on any atom is -0.394 e. The van der Waals surface area contributed by atoms with Gasteiger partial charge in [0.05, 0.1) is 12.2 Å². The quantitative estimate of drug-likeness (QED) is 0.872. The van der Waals surface area contributed by atoms with Gasteiger partial charge in [-0.25, -0.2) is 4.39 Å². The van der Waals surface area contributed by atoms with Crippen molar-refractivity contribution >= 4 is 0 Å². The zero-order valence-corrected chi connectivity index (χ0v) is 11.1. The van der Waals surface area contributed by atoms with Gasteiger partial charge in [-0.1, -0.05) is 13.0 Å². The second-order valence-corrected chi connectivity index (χ2v) is 4.91. The number of hydrogen-bond donors (Lipinski definition) is 1. The smallest absolute Gasteiger partial charge is 0.140 e. The number of nitriles is 1. The number of hydrogen-bond acceptors (Lipinski definition) is 3. The molecule has 3 nitrogen and oxygen atoms in total. The molecule has 0 atom stereocenters. The molecule has 4 heteroatoms. The Morgan fingerprint density at radius 3 is 2.61 bits per heavy atom. The standard InChI is InChI=1S/C14H19FN2O/c1-4-17(14(2,3)10-18)9-11-5-6-13(15)12(7-11)8-16/h5-7,18H,4,9-10H2,1-3H3. The van der Waals surface area contributed by atoms with Crippen LogP contribution in [0.5, 0.6) is 0 Å². The molecule has 98 valence electrons. The summed E-state index contributed by atoms with van der Waals surface area (Å²) in [6.07, 6.45) is 0. The maximum atomic E-state index is 13.2. The van der Waals surface area contributed by atoms with Crippen LogP contribution < -0.4 is 0 Å². The molecule has 0 aliphatic heterocycles.